The summed E-state index contributed by atoms with van der Waals surface area (Å²) >= 11 is 0. The van der Waals surface area contributed by atoms with Gasteiger partial charge in [0.25, 0.3) is 0 Å². The maximum absolute atomic E-state index is 5.78. The van der Waals surface area contributed by atoms with Gasteiger partial charge in [0.1, 0.15) is 6.61 Å². The van der Waals surface area contributed by atoms with Crippen LogP contribution in [0.25, 0.3) is 0 Å². The average molecular weight is 323 g/mol. The second-order valence-corrected chi connectivity index (χ2v) is 6.18. The van der Waals surface area contributed by atoms with E-state index in [1.807, 2.05) is 24.5 Å². The molecule has 1 aliphatic heterocycles. The Hall–Kier alpha value is -2.10. The van der Waals surface area contributed by atoms with Crippen molar-refractivity contribution in [2.24, 2.45) is 0 Å². The molecule has 3 rings (SSSR count). The third kappa shape index (κ3) is 4.70. The van der Waals surface area contributed by atoms with E-state index in [-0.39, 0.29) is 6.10 Å². The average Bonchev–Trinajstić information content (AvgIpc) is 2.64. The Kier molecular flexibility index (Phi) is 6.05. The van der Waals surface area contributed by atoms with Gasteiger partial charge in [-0.25, -0.2) is 0 Å². The molecule has 3 heteroatoms. The van der Waals surface area contributed by atoms with Crippen LogP contribution >= 0.6 is 0 Å². The number of piperidine rings is 1. The van der Waals surface area contributed by atoms with Crippen LogP contribution in [0.1, 0.15) is 17.5 Å². The van der Waals surface area contributed by atoms with Crippen LogP contribution in [-0.4, -0.2) is 31.2 Å². The summed E-state index contributed by atoms with van der Waals surface area (Å²) in [4.78, 5) is 2.44. The van der Waals surface area contributed by atoms with Crippen LogP contribution in [0.2, 0.25) is 0 Å². The van der Waals surface area contributed by atoms with Crippen molar-refractivity contribution in [3.63, 3.8) is 0 Å². The molecule has 1 unspecified atom stereocenters. The van der Waals surface area contributed by atoms with E-state index in [0.717, 1.165) is 26.1 Å². The van der Waals surface area contributed by atoms with Gasteiger partial charge in [-0.3, -0.25) is 4.90 Å². The van der Waals surface area contributed by atoms with Crippen LogP contribution in [0.5, 0.6) is 0 Å². The molecular formula is C21H25NO2. The minimum Gasteiger partial charge on any atom is -0.496 e. The Morgan fingerprint density at radius 2 is 1.67 bits per heavy atom. The zero-order valence-electron chi connectivity index (χ0n) is 14.2. The van der Waals surface area contributed by atoms with E-state index < -0.39 is 0 Å². The van der Waals surface area contributed by atoms with Gasteiger partial charge >= 0.3 is 0 Å². The predicted octanol–water partition coefficient (Wildman–Crippen LogP) is 4.01. The number of rotatable bonds is 6. The standard InChI is InChI=1S/C21H25NO2/c1-23-21-15-22(14-18-8-4-2-5-9-18)13-12-20(21)17-24-16-19-10-6-3-7-11-19/h2-11,17,21H,12-16H2,1H3/b20-17+. The molecule has 2 aromatic rings. The van der Waals surface area contributed by atoms with Crippen LogP contribution in [0, 0.1) is 0 Å². The molecule has 24 heavy (non-hydrogen) atoms. The molecule has 1 aliphatic rings. The van der Waals surface area contributed by atoms with Crippen molar-refractivity contribution in [3.8, 4) is 0 Å². The van der Waals surface area contributed by atoms with Crippen molar-refractivity contribution in [2.45, 2.75) is 25.7 Å². The summed E-state index contributed by atoms with van der Waals surface area (Å²) in [5, 5.41) is 0. The van der Waals surface area contributed by atoms with Crippen LogP contribution in [-0.2, 0) is 22.6 Å². The van der Waals surface area contributed by atoms with E-state index in [0.29, 0.717) is 6.61 Å². The largest absolute Gasteiger partial charge is 0.496 e. The van der Waals surface area contributed by atoms with Gasteiger partial charge < -0.3 is 9.47 Å². The van der Waals surface area contributed by atoms with E-state index in [2.05, 4.69) is 47.4 Å². The molecule has 3 nitrogen and oxygen atoms in total. The second-order valence-electron chi connectivity index (χ2n) is 6.18. The summed E-state index contributed by atoms with van der Waals surface area (Å²) in [6, 6.07) is 20.8. The first kappa shape index (κ1) is 16.7. The molecule has 1 atom stereocenters. The smallest absolute Gasteiger partial charge is 0.112 e. The Labute approximate surface area is 144 Å². The first-order chi connectivity index (χ1) is 11.8. The van der Waals surface area contributed by atoms with Crippen molar-refractivity contribution in [1.29, 1.82) is 0 Å². The van der Waals surface area contributed by atoms with Crippen LogP contribution in [0.4, 0.5) is 0 Å². The molecule has 0 aromatic heterocycles. The van der Waals surface area contributed by atoms with Gasteiger partial charge in [-0.05, 0) is 23.1 Å². The fourth-order valence-electron chi connectivity index (χ4n) is 3.06. The molecule has 0 aliphatic carbocycles. The maximum atomic E-state index is 5.78. The number of hydrogen-bond donors (Lipinski definition) is 0. The fraction of sp³-hybridized carbons (Fsp3) is 0.333. The highest BCUT2D eigenvalue weighted by Crippen LogP contribution is 2.21. The highest BCUT2D eigenvalue weighted by Gasteiger charge is 2.24. The fourth-order valence-corrected chi connectivity index (χ4v) is 3.06. The second kappa shape index (κ2) is 8.67. The van der Waals surface area contributed by atoms with E-state index in [9.17, 15) is 0 Å². The molecule has 0 bridgehead atoms. The SMILES string of the molecule is COC1CN(Cc2ccccc2)CC/C1=C\OCc1ccccc1. The van der Waals surface area contributed by atoms with Crippen LogP contribution in [0.3, 0.4) is 0 Å². The molecule has 0 saturated carbocycles. The van der Waals surface area contributed by atoms with Crippen molar-refractivity contribution in [1.82, 2.24) is 4.90 Å². The van der Waals surface area contributed by atoms with Gasteiger partial charge in [0, 0.05) is 26.7 Å². The third-order valence-corrected chi connectivity index (χ3v) is 4.42. The molecule has 0 N–H and O–H groups in total. The van der Waals surface area contributed by atoms with Crippen LogP contribution < -0.4 is 0 Å². The summed E-state index contributed by atoms with van der Waals surface area (Å²) < 4.78 is 11.5. The van der Waals surface area contributed by atoms with Crippen molar-refractivity contribution in [3.05, 3.63) is 83.6 Å². The molecule has 1 heterocycles. The summed E-state index contributed by atoms with van der Waals surface area (Å²) in [5.74, 6) is 0. The summed E-state index contributed by atoms with van der Waals surface area (Å²) in [6.07, 6.45) is 3.00. The number of nitrogens with zero attached hydrogens (tertiary/aromatic N) is 1. The zero-order valence-corrected chi connectivity index (χ0v) is 14.2. The minimum atomic E-state index is 0.109. The Bertz CT molecular complexity index is 639. The Morgan fingerprint density at radius 1 is 1.00 bits per heavy atom. The maximum Gasteiger partial charge on any atom is 0.112 e. The molecule has 0 radical (unpaired) electrons. The summed E-state index contributed by atoms with van der Waals surface area (Å²) in [7, 11) is 1.78. The molecule has 2 aromatic carbocycles. The summed E-state index contributed by atoms with van der Waals surface area (Å²) in [5.41, 5.74) is 3.78. The number of methoxy groups -OCH3 is 1. The molecule has 126 valence electrons. The molecule has 0 amide bonds. The van der Waals surface area contributed by atoms with E-state index in [1.165, 1.54) is 16.7 Å². The molecule has 0 spiro atoms. The number of hydrogen-bond acceptors (Lipinski definition) is 3. The van der Waals surface area contributed by atoms with E-state index in [4.69, 9.17) is 9.47 Å². The number of ether oxygens (including phenoxy) is 2. The Morgan fingerprint density at radius 3 is 2.33 bits per heavy atom. The van der Waals surface area contributed by atoms with Gasteiger partial charge in [-0.2, -0.15) is 0 Å². The van der Waals surface area contributed by atoms with Gasteiger partial charge in [0.15, 0.2) is 0 Å². The van der Waals surface area contributed by atoms with E-state index in [1.54, 1.807) is 7.11 Å². The minimum absolute atomic E-state index is 0.109. The topological polar surface area (TPSA) is 21.7 Å². The molecular weight excluding hydrogens is 298 g/mol. The monoisotopic (exact) mass is 323 g/mol. The lowest BCUT2D eigenvalue weighted by Crippen LogP contribution is -2.40. The van der Waals surface area contributed by atoms with E-state index >= 15 is 0 Å². The van der Waals surface area contributed by atoms with Crippen molar-refractivity contribution in [2.75, 3.05) is 20.2 Å². The summed E-state index contributed by atoms with van der Waals surface area (Å²) in [6.45, 7) is 3.52. The molecule has 1 saturated heterocycles. The number of likely N-dealkylation sites (tertiary alicyclic amines) is 1. The quantitative estimate of drug-likeness (QED) is 0.750. The van der Waals surface area contributed by atoms with Gasteiger partial charge in [0.05, 0.1) is 12.4 Å². The molecule has 1 fully saturated rings. The first-order valence-electron chi connectivity index (χ1n) is 8.48. The van der Waals surface area contributed by atoms with Gasteiger partial charge in [-0.1, -0.05) is 60.7 Å². The number of benzene rings is 2. The first-order valence-corrected chi connectivity index (χ1v) is 8.48. The van der Waals surface area contributed by atoms with Crippen LogP contribution in [0.15, 0.2) is 72.5 Å². The van der Waals surface area contributed by atoms with Crippen molar-refractivity contribution < 1.29 is 9.47 Å². The Balaban J connectivity index is 1.53. The normalized spacial score (nSPS) is 20.2. The zero-order chi connectivity index (χ0) is 16.6. The lowest BCUT2D eigenvalue weighted by Gasteiger charge is -2.33. The van der Waals surface area contributed by atoms with Gasteiger partial charge in [0.2, 0.25) is 0 Å². The lowest BCUT2D eigenvalue weighted by molar-refractivity contribution is 0.0600. The highest BCUT2D eigenvalue weighted by atomic mass is 16.5. The lowest BCUT2D eigenvalue weighted by atomic mass is 10.0. The highest BCUT2D eigenvalue weighted by molar-refractivity contribution is 5.17. The third-order valence-electron chi connectivity index (χ3n) is 4.42. The van der Waals surface area contributed by atoms with Crippen molar-refractivity contribution >= 4 is 0 Å². The predicted molar refractivity (Wildman–Crippen MR) is 96.4 cm³/mol. The van der Waals surface area contributed by atoms with Gasteiger partial charge in [-0.15, -0.1) is 0 Å².